The quantitative estimate of drug-likeness (QED) is 0.570. The highest BCUT2D eigenvalue weighted by Crippen LogP contribution is 1.88. The molecule has 0 atom stereocenters. The molecule has 2 nitrogen and oxygen atoms in total. The number of hydrogen-bond donors (Lipinski definition) is 0. The van der Waals surface area contributed by atoms with Crippen LogP contribution in [0.1, 0.15) is 47.0 Å². The molecule has 2 rings (SSSR count). The lowest BCUT2D eigenvalue weighted by atomic mass is 10.3. The van der Waals surface area contributed by atoms with E-state index >= 15 is 0 Å². The first-order valence-electron chi connectivity index (χ1n) is 8.81. The van der Waals surface area contributed by atoms with Gasteiger partial charge in [0.05, 0.1) is 0 Å². The van der Waals surface area contributed by atoms with Crippen LogP contribution in [0.25, 0.3) is 0 Å². The van der Waals surface area contributed by atoms with E-state index in [-0.39, 0.29) is 0 Å². The SMILES string of the molecule is CC.CCCCC.COCOC.c1ccccc1.c1ccccc1. The van der Waals surface area contributed by atoms with Crippen molar-refractivity contribution in [2.24, 2.45) is 0 Å². The van der Waals surface area contributed by atoms with Crippen molar-refractivity contribution >= 4 is 0 Å². The van der Waals surface area contributed by atoms with E-state index in [4.69, 9.17) is 0 Å². The summed E-state index contributed by atoms with van der Waals surface area (Å²) in [5.74, 6) is 0. The third kappa shape index (κ3) is 37.0. The Bertz CT molecular complexity index is 254. The van der Waals surface area contributed by atoms with Crippen LogP contribution in [0, 0.1) is 0 Å². The fraction of sp³-hybridized carbons (Fsp3) is 0.455. The van der Waals surface area contributed by atoms with Crippen molar-refractivity contribution in [1.29, 1.82) is 0 Å². The zero-order valence-corrected chi connectivity index (χ0v) is 16.6. The fourth-order valence-electron chi connectivity index (χ4n) is 1.24. The molecule has 0 bridgehead atoms. The van der Waals surface area contributed by atoms with Crippen molar-refractivity contribution in [2.75, 3.05) is 21.0 Å². The molecule has 24 heavy (non-hydrogen) atoms. The number of methoxy groups -OCH3 is 2. The minimum atomic E-state index is 0.389. The van der Waals surface area contributed by atoms with Crippen molar-refractivity contribution < 1.29 is 9.47 Å². The highest BCUT2D eigenvalue weighted by Gasteiger charge is 1.68. The highest BCUT2D eigenvalue weighted by molar-refractivity contribution is 4.99. The van der Waals surface area contributed by atoms with Gasteiger partial charge in [-0.15, -0.1) is 0 Å². The van der Waals surface area contributed by atoms with E-state index in [1.165, 1.54) is 19.3 Å². The van der Waals surface area contributed by atoms with Crippen LogP contribution in [-0.2, 0) is 9.47 Å². The Morgan fingerprint density at radius 3 is 0.750 bits per heavy atom. The lowest BCUT2D eigenvalue weighted by molar-refractivity contribution is -0.00271. The summed E-state index contributed by atoms with van der Waals surface area (Å²) < 4.78 is 8.94. The van der Waals surface area contributed by atoms with Gasteiger partial charge in [0, 0.05) is 14.2 Å². The van der Waals surface area contributed by atoms with Gasteiger partial charge in [-0.2, -0.15) is 0 Å². The van der Waals surface area contributed by atoms with Gasteiger partial charge in [-0.1, -0.05) is 120 Å². The molecule has 0 fully saturated rings. The maximum absolute atomic E-state index is 4.47. The van der Waals surface area contributed by atoms with Gasteiger partial charge in [-0.3, -0.25) is 0 Å². The molecule has 0 spiro atoms. The lowest BCUT2D eigenvalue weighted by Gasteiger charge is -1.87. The zero-order valence-electron chi connectivity index (χ0n) is 16.6. The molecule has 2 aromatic carbocycles. The summed E-state index contributed by atoms with van der Waals surface area (Å²) in [4.78, 5) is 0. The Kier molecular flexibility index (Phi) is 37.5. The number of ether oxygens (including phenoxy) is 2. The van der Waals surface area contributed by atoms with E-state index in [1.54, 1.807) is 14.2 Å². The Morgan fingerprint density at radius 1 is 0.500 bits per heavy atom. The molecule has 138 valence electrons. The predicted molar refractivity (Wildman–Crippen MR) is 108 cm³/mol. The molecule has 0 aliphatic rings. The number of benzene rings is 2. The number of rotatable bonds is 4. The molecular formula is C22H38O2. The van der Waals surface area contributed by atoms with Crippen LogP contribution >= 0.6 is 0 Å². The van der Waals surface area contributed by atoms with E-state index in [1.807, 2.05) is 86.6 Å². The number of unbranched alkanes of at least 4 members (excludes halogenated alkanes) is 2. The van der Waals surface area contributed by atoms with E-state index in [0.29, 0.717) is 6.79 Å². The zero-order chi connectivity index (χ0) is 18.7. The van der Waals surface area contributed by atoms with Crippen LogP contribution in [0.3, 0.4) is 0 Å². The van der Waals surface area contributed by atoms with Crippen molar-refractivity contribution in [3.05, 3.63) is 72.8 Å². The second-order valence-corrected chi connectivity index (χ2v) is 4.36. The summed E-state index contributed by atoms with van der Waals surface area (Å²) in [6, 6.07) is 24.0. The molecule has 0 unspecified atom stereocenters. The monoisotopic (exact) mass is 334 g/mol. The van der Waals surface area contributed by atoms with E-state index in [2.05, 4.69) is 23.3 Å². The second-order valence-electron chi connectivity index (χ2n) is 4.36. The van der Waals surface area contributed by atoms with Gasteiger partial charge in [0.15, 0.2) is 0 Å². The summed E-state index contributed by atoms with van der Waals surface area (Å²) in [6.45, 7) is 8.81. The number of hydrogen-bond acceptors (Lipinski definition) is 2. The van der Waals surface area contributed by atoms with Crippen molar-refractivity contribution in [3.63, 3.8) is 0 Å². The summed E-state index contributed by atoms with van der Waals surface area (Å²) in [7, 11) is 3.17. The standard InChI is InChI=1S/2C6H6.C5H12.C3H8O2.C2H6/c2*1-2-4-6-5-3-1;1-3-5-4-2;1-4-3-5-2;1-2/h2*1-6H;3-5H2,1-2H3;3H2,1-2H3;1-2H3. The smallest absolute Gasteiger partial charge is 0.145 e. The van der Waals surface area contributed by atoms with Gasteiger partial charge in [-0.05, 0) is 0 Å². The molecule has 2 aromatic rings. The van der Waals surface area contributed by atoms with Gasteiger partial charge < -0.3 is 9.47 Å². The molecular weight excluding hydrogens is 296 g/mol. The average molecular weight is 335 g/mol. The largest absolute Gasteiger partial charge is 0.359 e. The molecule has 0 amide bonds. The Balaban J connectivity index is -0.000000238. The molecule has 0 aromatic heterocycles. The topological polar surface area (TPSA) is 18.5 Å². The Hall–Kier alpha value is -1.64. The maximum atomic E-state index is 4.47. The molecule has 0 N–H and O–H groups in total. The van der Waals surface area contributed by atoms with E-state index in [9.17, 15) is 0 Å². The first-order chi connectivity index (χ1) is 11.8. The lowest BCUT2D eigenvalue weighted by Crippen LogP contribution is -1.87. The summed E-state index contributed by atoms with van der Waals surface area (Å²) in [6.07, 6.45) is 4.08. The predicted octanol–water partition coefficient (Wildman–Crippen LogP) is 6.83. The van der Waals surface area contributed by atoms with Crippen LogP contribution in [0.4, 0.5) is 0 Å². The normalized spacial score (nSPS) is 7.75. The van der Waals surface area contributed by atoms with E-state index < -0.39 is 0 Å². The average Bonchev–Trinajstić information content (AvgIpc) is 2.69. The highest BCUT2D eigenvalue weighted by atomic mass is 16.6. The third-order valence-electron chi connectivity index (χ3n) is 2.28. The van der Waals surface area contributed by atoms with Crippen LogP contribution < -0.4 is 0 Å². The molecule has 0 heterocycles. The van der Waals surface area contributed by atoms with Crippen molar-refractivity contribution in [1.82, 2.24) is 0 Å². The molecule has 0 saturated carbocycles. The van der Waals surface area contributed by atoms with Crippen molar-refractivity contribution in [3.8, 4) is 0 Å². The maximum Gasteiger partial charge on any atom is 0.145 e. The Morgan fingerprint density at radius 2 is 0.708 bits per heavy atom. The van der Waals surface area contributed by atoms with Gasteiger partial charge in [0.1, 0.15) is 6.79 Å². The van der Waals surface area contributed by atoms with Crippen LogP contribution in [0.5, 0.6) is 0 Å². The molecule has 0 radical (unpaired) electrons. The van der Waals surface area contributed by atoms with Gasteiger partial charge >= 0.3 is 0 Å². The molecule has 0 aliphatic heterocycles. The van der Waals surface area contributed by atoms with Crippen LogP contribution in [0.15, 0.2) is 72.8 Å². The molecule has 2 heteroatoms. The molecule has 0 aliphatic carbocycles. The second kappa shape index (κ2) is 33.1. The minimum Gasteiger partial charge on any atom is -0.359 e. The summed E-state index contributed by atoms with van der Waals surface area (Å²) >= 11 is 0. The first-order valence-corrected chi connectivity index (χ1v) is 8.81. The fourth-order valence-corrected chi connectivity index (χ4v) is 1.24. The van der Waals surface area contributed by atoms with Crippen molar-refractivity contribution in [2.45, 2.75) is 47.0 Å². The van der Waals surface area contributed by atoms with Gasteiger partial charge in [0.2, 0.25) is 0 Å². The van der Waals surface area contributed by atoms with Crippen LogP contribution in [0.2, 0.25) is 0 Å². The molecule has 0 saturated heterocycles. The Labute approximate surface area is 150 Å². The summed E-state index contributed by atoms with van der Waals surface area (Å²) in [5.41, 5.74) is 0. The summed E-state index contributed by atoms with van der Waals surface area (Å²) in [5, 5.41) is 0. The minimum absolute atomic E-state index is 0.389. The third-order valence-corrected chi connectivity index (χ3v) is 2.28. The van der Waals surface area contributed by atoms with Gasteiger partial charge in [-0.25, -0.2) is 0 Å². The van der Waals surface area contributed by atoms with Gasteiger partial charge in [0.25, 0.3) is 0 Å². The first kappa shape index (κ1) is 27.2. The van der Waals surface area contributed by atoms with Crippen LogP contribution in [-0.4, -0.2) is 21.0 Å². The van der Waals surface area contributed by atoms with E-state index in [0.717, 1.165) is 0 Å².